The second-order valence-electron chi connectivity index (χ2n) is 5.61. The first-order valence-corrected chi connectivity index (χ1v) is 8.75. The standard InChI is InChI=1S/C15H22N2O5S/c1-10(2)17-23(21,22)13-6-4-5-12(9-13)15(20)16-11(3)7-8-14(18)19/h4-6,9-11,17H,7-8H2,1-3H3,(H,16,20)(H,18,19). The third-order valence-corrected chi connectivity index (χ3v) is 4.62. The summed E-state index contributed by atoms with van der Waals surface area (Å²) >= 11 is 0. The molecule has 3 N–H and O–H groups in total. The molecule has 1 aromatic rings. The maximum absolute atomic E-state index is 12.1. The Morgan fingerprint density at radius 2 is 1.87 bits per heavy atom. The minimum absolute atomic E-state index is 0.0111. The summed E-state index contributed by atoms with van der Waals surface area (Å²) in [5, 5.41) is 11.3. The second kappa shape index (κ2) is 8.07. The summed E-state index contributed by atoms with van der Waals surface area (Å²) in [7, 11) is -3.67. The lowest BCUT2D eigenvalue weighted by Gasteiger charge is -2.14. The van der Waals surface area contributed by atoms with Crippen LogP contribution in [0.4, 0.5) is 0 Å². The zero-order valence-corrected chi connectivity index (χ0v) is 14.2. The molecule has 128 valence electrons. The minimum Gasteiger partial charge on any atom is -0.481 e. The van der Waals surface area contributed by atoms with Crippen LogP contribution in [0.15, 0.2) is 29.2 Å². The molecule has 0 aliphatic heterocycles. The number of carboxylic acid groups (broad SMARTS) is 1. The molecule has 1 aromatic carbocycles. The van der Waals surface area contributed by atoms with Crippen molar-refractivity contribution in [1.82, 2.24) is 10.0 Å². The van der Waals surface area contributed by atoms with E-state index in [9.17, 15) is 18.0 Å². The molecule has 0 saturated heterocycles. The number of hydrogen-bond donors (Lipinski definition) is 3. The molecule has 7 nitrogen and oxygen atoms in total. The minimum atomic E-state index is -3.67. The number of sulfonamides is 1. The van der Waals surface area contributed by atoms with Crippen molar-refractivity contribution in [3.05, 3.63) is 29.8 Å². The van der Waals surface area contributed by atoms with Gasteiger partial charge in [0, 0.05) is 24.1 Å². The van der Waals surface area contributed by atoms with Crippen LogP contribution in [0, 0.1) is 0 Å². The van der Waals surface area contributed by atoms with Gasteiger partial charge in [-0.2, -0.15) is 0 Å². The van der Waals surface area contributed by atoms with Gasteiger partial charge in [0.25, 0.3) is 5.91 Å². The Hall–Kier alpha value is -1.93. The van der Waals surface area contributed by atoms with Crippen molar-refractivity contribution in [2.24, 2.45) is 0 Å². The number of aliphatic carboxylic acids is 1. The molecule has 0 heterocycles. The third kappa shape index (κ3) is 6.37. The van der Waals surface area contributed by atoms with E-state index >= 15 is 0 Å². The number of rotatable bonds is 8. The third-order valence-electron chi connectivity index (χ3n) is 2.97. The molecule has 1 amide bonds. The van der Waals surface area contributed by atoms with Crippen molar-refractivity contribution in [2.75, 3.05) is 0 Å². The number of amides is 1. The van der Waals surface area contributed by atoms with Crippen molar-refractivity contribution in [3.8, 4) is 0 Å². The molecule has 8 heteroatoms. The first kappa shape index (κ1) is 19.1. The summed E-state index contributed by atoms with van der Waals surface area (Å²) < 4.78 is 26.7. The Kier molecular flexibility index (Phi) is 6.71. The lowest BCUT2D eigenvalue weighted by molar-refractivity contribution is -0.137. The van der Waals surface area contributed by atoms with E-state index in [4.69, 9.17) is 5.11 Å². The summed E-state index contributed by atoms with van der Waals surface area (Å²) in [6.07, 6.45) is 0.252. The average Bonchev–Trinajstić information content (AvgIpc) is 2.44. The van der Waals surface area contributed by atoms with Crippen molar-refractivity contribution < 1.29 is 23.1 Å². The summed E-state index contributed by atoms with van der Waals surface area (Å²) in [5.41, 5.74) is 0.207. The van der Waals surface area contributed by atoms with Crippen LogP contribution in [-0.4, -0.2) is 37.5 Å². The molecule has 23 heavy (non-hydrogen) atoms. The largest absolute Gasteiger partial charge is 0.481 e. The molecule has 0 aliphatic rings. The van der Waals surface area contributed by atoms with Crippen molar-refractivity contribution >= 4 is 21.9 Å². The van der Waals surface area contributed by atoms with E-state index in [0.717, 1.165) is 0 Å². The highest BCUT2D eigenvalue weighted by atomic mass is 32.2. The van der Waals surface area contributed by atoms with Gasteiger partial charge in [0.05, 0.1) is 4.90 Å². The van der Waals surface area contributed by atoms with Gasteiger partial charge in [0.15, 0.2) is 0 Å². The van der Waals surface area contributed by atoms with E-state index in [1.807, 2.05) is 0 Å². The fourth-order valence-electron chi connectivity index (χ4n) is 1.90. The van der Waals surface area contributed by atoms with E-state index in [2.05, 4.69) is 10.0 Å². The number of hydrogen-bond acceptors (Lipinski definition) is 4. The first-order valence-electron chi connectivity index (χ1n) is 7.27. The van der Waals surface area contributed by atoms with E-state index in [1.54, 1.807) is 20.8 Å². The molecule has 0 aromatic heterocycles. The van der Waals surface area contributed by atoms with E-state index in [-0.39, 0.29) is 29.0 Å². The van der Waals surface area contributed by atoms with Gasteiger partial charge >= 0.3 is 5.97 Å². The van der Waals surface area contributed by atoms with Crippen molar-refractivity contribution in [3.63, 3.8) is 0 Å². The molecular weight excluding hydrogens is 320 g/mol. The molecule has 0 bridgehead atoms. The summed E-state index contributed by atoms with van der Waals surface area (Å²) in [5.74, 6) is -1.37. The van der Waals surface area contributed by atoms with Crippen LogP contribution in [0.5, 0.6) is 0 Å². The topological polar surface area (TPSA) is 113 Å². The Morgan fingerprint density at radius 3 is 2.43 bits per heavy atom. The van der Waals surface area contributed by atoms with Crippen LogP contribution >= 0.6 is 0 Å². The van der Waals surface area contributed by atoms with Gasteiger partial charge in [0.1, 0.15) is 0 Å². The maximum Gasteiger partial charge on any atom is 0.303 e. The Morgan fingerprint density at radius 1 is 1.22 bits per heavy atom. The smallest absolute Gasteiger partial charge is 0.303 e. The maximum atomic E-state index is 12.1. The molecule has 0 aliphatic carbocycles. The average molecular weight is 342 g/mol. The van der Waals surface area contributed by atoms with Gasteiger partial charge in [-0.15, -0.1) is 0 Å². The lowest BCUT2D eigenvalue weighted by Crippen LogP contribution is -2.33. The van der Waals surface area contributed by atoms with Crippen LogP contribution in [0.2, 0.25) is 0 Å². The van der Waals surface area contributed by atoms with Crippen LogP contribution in [0.3, 0.4) is 0 Å². The second-order valence-corrected chi connectivity index (χ2v) is 7.32. The Bertz CT molecular complexity index is 670. The van der Waals surface area contributed by atoms with E-state index in [0.29, 0.717) is 6.42 Å². The van der Waals surface area contributed by atoms with E-state index < -0.39 is 21.9 Å². The van der Waals surface area contributed by atoms with E-state index in [1.165, 1.54) is 24.3 Å². The van der Waals surface area contributed by atoms with Gasteiger partial charge in [0.2, 0.25) is 10.0 Å². The molecule has 1 atom stereocenters. The van der Waals surface area contributed by atoms with Crippen LogP contribution in [0.1, 0.15) is 44.0 Å². The van der Waals surface area contributed by atoms with Gasteiger partial charge in [-0.05, 0) is 45.4 Å². The number of benzene rings is 1. The molecule has 1 unspecified atom stereocenters. The molecule has 0 saturated carbocycles. The van der Waals surface area contributed by atoms with Gasteiger partial charge in [-0.1, -0.05) is 6.07 Å². The van der Waals surface area contributed by atoms with Gasteiger partial charge in [-0.25, -0.2) is 13.1 Å². The number of carbonyl (C=O) groups excluding carboxylic acids is 1. The number of carbonyl (C=O) groups is 2. The quantitative estimate of drug-likeness (QED) is 0.660. The lowest BCUT2D eigenvalue weighted by atomic mass is 10.1. The van der Waals surface area contributed by atoms with Crippen molar-refractivity contribution in [2.45, 2.75) is 50.6 Å². The molecular formula is C15H22N2O5S. The SMILES string of the molecule is CC(C)NS(=O)(=O)c1cccc(C(=O)NC(C)CCC(=O)O)c1. The number of carboxylic acids is 1. The summed E-state index contributed by atoms with van der Waals surface area (Å²) in [4.78, 5) is 22.7. The predicted octanol–water partition coefficient (Wildman–Crippen LogP) is 1.36. The molecule has 1 rings (SSSR count). The van der Waals surface area contributed by atoms with Crippen molar-refractivity contribution in [1.29, 1.82) is 0 Å². The van der Waals surface area contributed by atoms with Crippen LogP contribution in [0.25, 0.3) is 0 Å². The highest BCUT2D eigenvalue weighted by molar-refractivity contribution is 7.89. The zero-order chi connectivity index (χ0) is 17.6. The van der Waals surface area contributed by atoms with Crippen LogP contribution in [-0.2, 0) is 14.8 Å². The predicted molar refractivity (Wildman–Crippen MR) is 85.7 cm³/mol. The molecule has 0 radical (unpaired) electrons. The fourth-order valence-corrected chi connectivity index (χ4v) is 3.20. The normalized spacial score (nSPS) is 12.9. The summed E-state index contributed by atoms with van der Waals surface area (Å²) in [6, 6.07) is 5.12. The number of nitrogens with one attached hydrogen (secondary N) is 2. The Balaban J connectivity index is 2.84. The zero-order valence-electron chi connectivity index (χ0n) is 13.4. The van der Waals surface area contributed by atoms with Crippen LogP contribution < -0.4 is 10.0 Å². The fraction of sp³-hybridized carbons (Fsp3) is 0.467. The van der Waals surface area contributed by atoms with Gasteiger partial charge < -0.3 is 10.4 Å². The first-order chi connectivity index (χ1) is 10.6. The van der Waals surface area contributed by atoms with Gasteiger partial charge in [-0.3, -0.25) is 9.59 Å². The monoisotopic (exact) mass is 342 g/mol. The Labute approximate surface area is 136 Å². The highest BCUT2D eigenvalue weighted by Crippen LogP contribution is 2.12. The summed E-state index contributed by atoms with van der Waals surface area (Å²) in [6.45, 7) is 5.11. The highest BCUT2D eigenvalue weighted by Gasteiger charge is 2.18. The molecule has 0 spiro atoms. The molecule has 0 fully saturated rings.